The molecule has 2 saturated heterocycles. The van der Waals surface area contributed by atoms with Crippen molar-refractivity contribution in [3.05, 3.63) is 23.5 Å². The zero-order chi connectivity index (χ0) is 18.1. The van der Waals surface area contributed by atoms with Gasteiger partial charge in [-0.2, -0.15) is 0 Å². The molecule has 8 heteroatoms. The average molecular weight is 347 g/mol. The fourth-order valence-electron chi connectivity index (χ4n) is 3.49. The minimum atomic E-state index is -0.594. The molecule has 0 aliphatic carbocycles. The molecule has 136 valence electrons. The van der Waals surface area contributed by atoms with Crippen molar-refractivity contribution in [3.63, 3.8) is 0 Å². The first kappa shape index (κ1) is 17.5. The molecular weight excluding hydrogens is 322 g/mol. The Morgan fingerprint density at radius 3 is 2.48 bits per heavy atom. The molecule has 3 amide bonds. The lowest BCUT2D eigenvalue weighted by Gasteiger charge is -2.44. The second-order valence-electron chi connectivity index (χ2n) is 7.14. The second-order valence-corrected chi connectivity index (χ2v) is 7.14. The van der Waals surface area contributed by atoms with Crippen LogP contribution >= 0.6 is 0 Å². The Bertz CT molecular complexity index is 680. The van der Waals surface area contributed by atoms with Gasteiger partial charge in [0, 0.05) is 33.1 Å². The van der Waals surface area contributed by atoms with Crippen LogP contribution in [0, 0.1) is 5.92 Å². The molecule has 2 aliphatic rings. The number of carbonyl (C=O) groups excluding carboxylic acids is 3. The SMILES string of the molecule is CN1CCC(CC(=O)N(C)C2CN(C(=O)c3ccc(C(N)=O)[nH]3)C2)C1. The second kappa shape index (κ2) is 6.87. The average Bonchev–Trinajstić information content (AvgIpc) is 3.14. The highest BCUT2D eigenvalue weighted by Gasteiger charge is 2.36. The van der Waals surface area contributed by atoms with Gasteiger partial charge in [-0.3, -0.25) is 14.4 Å². The van der Waals surface area contributed by atoms with Gasteiger partial charge in [0.25, 0.3) is 11.8 Å². The molecule has 3 N–H and O–H groups in total. The number of likely N-dealkylation sites (N-methyl/N-ethyl adjacent to an activating group) is 1. The van der Waals surface area contributed by atoms with E-state index in [2.05, 4.69) is 16.9 Å². The first-order valence-corrected chi connectivity index (χ1v) is 8.57. The monoisotopic (exact) mass is 347 g/mol. The third-order valence-corrected chi connectivity index (χ3v) is 5.22. The van der Waals surface area contributed by atoms with Crippen LogP contribution in [0.5, 0.6) is 0 Å². The summed E-state index contributed by atoms with van der Waals surface area (Å²) in [6.07, 6.45) is 1.64. The summed E-state index contributed by atoms with van der Waals surface area (Å²) in [4.78, 5) is 44.3. The third kappa shape index (κ3) is 3.68. The number of hydrogen-bond donors (Lipinski definition) is 2. The van der Waals surface area contributed by atoms with E-state index in [9.17, 15) is 14.4 Å². The Hall–Kier alpha value is -2.35. The molecule has 0 bridgehead atoms. The number of nitrogens with one attached hydrogen (secondary N) is 1. The van der Waals surface area contributed by atoms with E-state index in [0.29, 0.717) is 31.1 Å². The van der Waals surface area contributed by atoms with Crippen LogP contribution in [-0.4, -0.2) is 83.7 Å². The molecule has 1 aromatic heterocycles. The molecule has 1 atom stereocenters. The van der Waals surface area contributed by atoms with Crippen LogP contribution in [-0.2, 0) is 4.79 Å². The number of primary amides is 1. The number of carbonyl (C=O) groups is 3. The van der Waals surface area contributed by atoms with Gasteiger partial charge in [0.15, 0.2) is 0 Å². The van der Waals surface area contributed by atoms with E-state index < -0.39 is 5.91 Å². The summed E-state index contributed by atoms with van der Waals surface area (Å²) in [6.45, 7) is 3.05. The molecular formula is C17H25N5O3. The molecule has 8 nitrogen and oxygen atoms in total. The predicted octanol–water partition coefficient (Wildman–Crippen LogP) is -0.262. The van der Waals surface area contributed by atoms with E-state index in [-0.39, 0.29) is 23.6 Å². The van der Waals surface area contributed by atoms with E-state index in [1.807, 2.05) is 7.05 Å². The third-order valence-electron chi connectivity index (χ3n) is 5.22. The van der Waals surface area contributed by atoms with Gasteiger partial charge in [-0.05, 0) is 38.1 Å². The number of nitrogens with zero attached hydrogens (tertiary/aromatic N) is 3. The van der Waals surface area contributed by atoms with Crippen LogP contribution in [0.1, 0.15) is 33.8 Å². The van der Waals surface area contributed by atoms with Crippen molar-refractivity contribution in [2.45, 2.75) is 18.9 Å². The Morgan fingerprint density at radius 2 is 1.92 bits per heavy atom. The number of aromatic amines is 1. The van der Waals surface area contributed by atoms with Gasteiger partial charge < -0.3 is 25.4 Å². The number of nitrogens with two attached hydrogens (primary N) is 1. The van der Waals surface area contributed by atoms with Crippen LogP contribution < -0.4 is 5.73 Å². The maximum atomic E-state index is 12.4. The fraction of sp³-hybridized carbons (Fsp3) is 0.588. The number of aromatic nitrogens is 1. The minimum Gasteiger partial charge on any atom is -0.364 e. The smallest absolute Gasteiger partial charge is 0.270 e. The summed E-state index contributed by atoms with van der Waals surface area (Å²) in [5.74, 6) is -0.192. The van der Waals surface area contributed by atoms with Gasteiger partial charge in [-0.1, -0.05) is 0 Å². The summed E-state index contributed by atoms with van der Waals surface area (Å²) in [7, 11) is 3.89. The highest BCUT2D eigenvalue weighted by atomic mass is 16.2. The minimum absolute atomic E-state index is 0.0566. The molecule has 0 aromatic carbocycles. The Labute approximate surface area is 146 Å². The predicted molar refractivity (Wildman–Crippen MR) is 92.0 cm³/mol. The first-order chi connectivity index (χ1) is 11.8. The highest BCUT2D eigenvalue weighted by molar-refractivity contribution is 5.97. The van der Waals surface area contributed by atoms with Gasteiger partial charge in [0.1, 0.15) is 11.4 Å². The van der Waals surface area contributed by atoms with Crippen molar-refractivity contribution >= 4 is 17.7 Å². The maximum Gasteiger partial charge on any atom is 0.270 e. The van der Waals surface area contributed by atoms with Gasteiger partial charge >= 0.3 is 0 Å². The normalized spacial score (nSPS) is 21.2. The zero-order valence-corrected chi connectivity index (χ0v) is 14.7. The molecule has 1 aromatic rings. The van der Waals surface area contributed by atoms with E-state index in [4.69, 9.17) is 5.73 Å². The first-order valence-electron chi connectivity index (χ1n) is 8.57. The van der Waals surface area contributed by atoms with Crippen molar-refractivity contribution in [1.82, 2.24) is 19.7 Å². The van der Waals surface area contributed by atoms with Crippen molar-refractivity contribution in [2.75, 3.05) is 40.3 Å². The standard InChI is InChI=1S/C17H25N5O3/c1-20-6-5-11(8-20)7-15(23)21(2)12-9-22(10-12)17(25)14-4-3-13(19-14)16(18)24/h3-4,11-12,19H,5-10H2,1-2H3,(H2,18,24). The summed E-state index contributed by atoms with van der Waals surface area (Å²) in [5.41, 5.74) is 5.74. The lowest BCUT2D eigenvalue weighted by Crippen LogP contribution is -2.61. The molecule has 2 aliphatic heterocycles. The number of rotatable bonds is 5. The lowest BCUT2D eigenvalue weighted by molar-refractivity contribution is -0.135. The molecule has 3 heterocycles. The summed E-state index contributed by atoms with van der Waals surface area (Å²) in [5, 5.41) is 0. The Balaban J connectivity index is 1.48. The van der Waals surface area contributed by atoms with Gasteiger partial charge in [0.05, 0.1) is 6.04 Å². The quantitative estimate of drug-likeness (QED) is 0.766. The van der Waals surface area contributed by atoms with Crippen molar-refractivity contribution < 1.29 is 14.4 Å². The highest BCUT2D eigenvalue weighted by Crippen LogP contribution is 2.22. The number of amides is 3. The fourth-order valence-corrected chi connectivity index (χ4v) is 3.49. The number of H-pyrrole nitrogens is 1. The van der Waals surface area contributed by atoms with Crippen LogP contribution in [0.3, 0.4) is 0 Å². The van der Waals surface area contributed by atoms with E-state index >= 15 is 0 Å². The zero-order valence-electron chi connectivity index (χ0n) is 14.7. The molecule has 0 spiro atoms. The van der Waals surface area contributed by atoms with Crippen molar-refractivity contribution in [2.24, 2.45) is 11.7 Å². The topological polar surface area (TPSA) is 103 Å². The summed E-state index contributed by atoms with van der Waals surface area (Å²) >= 11 is 0. The molecule has 3 rings (SSSR count). The van der Waals surface area contributed by atoms with E-state index in [0.717, 1.165) is 19.5 Å². The van der Waals surface area contributed by atoms with Crippen LogP contribution in [0.4, 0.5) is 0 Å². The number of likely N-dealkylation sites (tertiary alicyclic amines) is 2. The lowest BCUT2D eigenvalue weighted by atomic mass is 10.0. The summed E-state index contributed by atoms with van der Waals surface area (Å²) in [6, 6.07) is 3.11. The molecule has 1 unspecified atom stereocenters. The number of hydrogen-bond acceptors (Lipinski definition) is 4. The largest absolute Gasteiger partial charge is 0.364 e. The van der Waals surface area contributed by atoms with Gasteiger partial charge in [-0.15, -0.1) is 0 Å². The maximum absolute atomic E-state index is 12.4. The Morgan fingerprint density at radius 1 is 1.24 bits per heavy atom. The Kier molecular flexibility index (Phi) is 4.80. The molecule has 2 fully saturated rings. The van der Waals surface area contributed by atoms with Gasteiger partial charge in [-0.25, -0.2) is 0 Å². The van der Waals surface area contributed by atoms with E-state index in [1.165, 1.54) is 6.07 Å². The molecule has 0 radical (unpaired) electrons. The van der Waals surface area contributed by atoms with Crippen LogP contribution in [0.15, 0.2) is 12.1 Å². The van der Waals surface area contributed by atoms with Crippen molar-refractivity contribution in [1.29, 1.82) is 0 Å². The van der Waals surface area contributed by atoms with Crippen LogP contribution in [0.25, 0.3) is 0 Å². The van der Waals surface area contributed by atoms with Crippen molar-refractivity contribution in [3.8, 4) is 0 Å². The summed E-state index contributed by atoms with van der Waals surface area (Å²) < 4.78 is 0. The van der Waals surface area contributed by atoms with Gasteiger partial charge in [0.2, 0.25) is 5.91 Å². The van der Waals surface area contributed by atoms with E-state index in [1.54, 1.807) is 15.9 Å². The van der Waals surface area contributed by atoms with Crippen LogP contribution in [0.2, 0.25) is 0 Å². The molecule has 25 heavy (non-hydrogen) atoms. The molecule has 0 saturated carbocycles.